The van der Waals surface area contributed by atoms with Crippen molar-refractivity contribution in [3.63, 3.8) is 0 Å². The molecule has 14 N–H and O–H groups in total. The molecule has 132 heavy (non-hydrogen) atoms. The smallest absolute Gasteiger partial charge is 0.272 e. The minimum absolute atomic E-state index is 0.00457. The summed E-state index contributed by atoms with van der Waals surface area (Å²) < 4.78 is 160. The molecule has 0 aliphatic heterocycles. The van der Waals surface area contributed by atoms with E-state index in [9.17, 15) is 100 Å². The molecule has 39 heteroatoms. The largest absolute Gasteiger partial charge is 0.390 e. The Morgan fingerprint density at radius 1 is 0.409 bits per heavy atom. The standard InChI is InChI=1S/C32H40F2N4O6S.C31H39F2N5O5S.C30H39F2N5O5S/c1-3-5-11-45(43,44)20-28(37-31(41)24-9-10-30(40)36-17-24)32(42)38(18-22-8-6-7-21(4-2)12-22)19-29(39)27(35)15-23-13-25(33)16-26(34)14-23;1-3-5-11-44(42,43)20-28(37-30(40)27-17-35-9-10-36-27)31(41)38(18-22-8-6-7-21(4-2)12-22)19-29(39)26(34)15-23-13-24(32)16-25(33)14-23;1-3-5-9-43(41,42)18-27(36-29(39)26-15-34-19-35-26)30(40)37(16-21-8-6-7-20(4-2)10-21)17-28(38)25(33)13-22-11-23(31)14-24(32)12-22/h6-10,12-14,16-17,27-29,39H,3-5,11,15,18-20,35H2,1-2H3,(H,36,40)(H,37,41);6-10,12-14,16-17,26,28-29,39H,3-5,11,15,18-20,34H2,1-2H3,(H,37,40);6-8,10-12,14-15,19,25,27-28,38H,3-5,9,13,16-18,33H2,1-2H3,(H,34,35)(H,36,39)/t27-,28+,29+;26-,28+,29+;25-,27+,28+/m000/s1. The number of nitrogens with one attached hydrogen (secondary N) is 5. The molecule has 6 aromatic carbocycles. The summed E-state index contributed by atoms with van der Waals surface area (Å²) >= 11 is 0. The Morgan fingerprint density at radius 2 is 0.742 bits per heavy atom. The molecule has 6 amide bonds. The summed E-state index contributed by atoms with van der Waals surface area (Å²) in [5, 5.41) is 40.7. The van der Waals surface area contributed by atoms with Crippen molar-refractivity contribution in [3.05, 3.63) is 289 Å². The Kier molecular flexibility index (Phi) is 43.0. The first-order valence-electron chi connectivity index (χ1n) is 43.3. The number of aromatic amines is 2. The van der Waals surface area contributed by atoms with Crippen LogP contribution in [0.2, 0.25) is 0 Å². The number of carbonyl (C=O) groups excluding carboxylic acids is 6. The lowest BCUT2D eigenvalue weighted by molar-refractivity contribution is -0.135. The number of pyridine rings is 1. The monoisotopic (exact) mass is 1900 g/mol. The van der Waals surface area contributed by atoms with Crippen LogP contribution in [0.4, 0.5) is 26.3 Å². The van der Waals surface area contributed by atoms with Crippen LogP contribution in [-0.2, 0) is 102 Å². The predicted molar refractivity (Wildman–Crippen MR) is 488 cm³/mol. The highest BCUT2D eigenvalue weighted by Crippen LogP contribution is 2.22. The minimum atomic E-state index is -3.81. The lowest BCUT2D eigenvalue weighted by Crippen LogP contribution is -2.55. The maximum absolute atomic E-state index is 14.1. The van der Waals surface area contributed by atoms with Crippen LogP contribution in [0.1, 0.15) is 161 Å². The molecule has 3 aromatic heterocycles. The van der Waals surface area contributed by atoms with E-state index in [2.05, 4.69) is 40.9 Å². The Bertz CT molecular complexity index is 5620. The van der Waals surface area contributed by atoms with Gasteiger partial charge < -0.3 is 73.1 Å². The molecule has 0 radical (unpaired) electrons. The fraction of sp³-hybridized carbons (Fsp3) is 0.419. The molecule has 0 unspecified atom stereocenters. The van der Waals surface area contributed by atoms with E-state index in [-0.39, 0.29) is 109 Å². The Balaban J connectivity index is 0.000000271. The van der Waals surface area contributed by atoms with Crippen LogP contribution >= 0.6 is 0 Å². The van der Waals surface area contributed by atoms with Gasteiger partial charge in [-0.05, 0) is 150 Å². The highest BCUT2D eigenvalue weighted by Gasteiger charge is 2.38. The average molecular weight is 1900 g/mol. The molecule has 0 aliphatic rings. The van der Waals surface area contributed by atoms with Gasteiger partial charge >= 0.3 is 0 Å². The average Bonchev–Trinajstić information content (AvgIpc) is 0.910. The van der Waals surface area contributed by atoms with Gasteiger partial charge in [0.25, 0.3) is 17.7 Å². The van der Waals surface area contributed by atoms with E-state index in [1.165, 1.54) is 51.9 Å². The van der Waals surface area contributed by atoms with E-state index >= 15 is 0 Å². The van der Waals surface area contributed by atoms with Crippen LogP contribution in [0.5, 0.6) is 0 Å². The van der Waals surface area contributed by atoms with Crippen LogP contribution in [-0.4, -0.2) is 224 Å². The fourth-order valence-electron chi connectivity index (χ4n) is 14.0. The normalized spacial score (nSPS) is 13.6. The van der Waals surface area contributed by atoms with Crippen LogP contribution in [0.15, 0.2) is 182 Å². The number of halogens is 6. The zero-order chi connectivity index (χ0) is 97.0. The second-order valence-corrected chi connectivity index (χ2v) is 39.0. The van der Waals surface area contributed by atoms with Crippen molar-refractivity contribution in [2.45, 2.75) is 193 Å². The highest BCUT2D eigenvalue weighted by atomic mass is 32.2. The number of carbonyl (C=O) groups is 6. The van der Waals surface area contributed by atoms with Gasteiger partial charge in [-0.2, -0.15) is 0 Å². The van der Waals surface area contributed by atoms with Crippen molar-refractivity contribution in [2.75, 3.05) is 54.2 Å². The van der Waals surface area contributed by atoms with Crippen molar-refractivity contribution in [1.29, 1.82) is 0 Å². The van der Waals surface area contributed by atoms with E-state index in [4.69, 9.17) is 17.2 Å². The number of imidazole rings is 1. The molecule has 0 saturated carbocycles. The van der Waals surface area contributed by atoms with Gasteiger partial charge in [0.1, 0.15) is 64.4 Å². The van der Waals surface area contributed by atoms with Gasteiger partial charge in [0.05, 0.1) is 77.1 Å². The van der Waals surface area contributed by atoms with Gasteiger partial charge in [0.2, 0.25) is 23.3 Å². The lowest BCUT2D eigenvalue weighted by Gasteiger charge is -2.31. The van der Waals surface area contributed by atoms with E-state index in [1.807, 2.05) is 96.1 Å². The molecule has 0 fully saturated rings. The summed E-state index contributed by atoms with van der Waals surface area (Å²) in [6, 6.07) is 25.7. The zero-order valence-corrected chi connectivity index (χ0v) is 76.9. The molecule has 716 valence electrons. The first-order valence-corrected chi connectivity index (χ1v) is 48.8. The van der Waals surface area contributed by atoms with Gasteiger partial charge in [-0.3, -0.25) is 38.5 Å². The Morgan fingerprint density at radius 3 is 1.04 bits per heavy atom. The molecule has 0 saturated heterocycles. The van der Waals surface area contributed by atoms with Crippen LogP contribution in [0.25, 0.3) is 0 Å². The summed E-state index contributed by atoms with van der Waals surface area (Å²) in [5.74, 6) is -11.9. The summed E-state index contributed by atoms with van der Waals surface area (Å²) in [5.41, 5.74) is 23.9. The molecule has 0 bridgehead atoms. The van der Waals surface area contributed by atoms with E-state index in [0.29, 0.717) is 67.7 Å². The van der Waals surface area contributed by atoms with E-state index in [1.54, 1.807) is 18.2 Å². The maximum Gasteiger partial charge on any atom is 0.272 e. The SMILES string of the molecule is CCCCS(=O)(=O)C[C@@H](NC(=O)c1ccc(=O)[nH]c1)C(=O)N(Cc1cccc(CC)c1)C[C@@H](O)[C@@H](N)Cc1cc(F)cc(F)c1.CCCCS(=O)(=O)C[C@@H](NC(=O)c1cnc[nH]1)C(=O)N(Cc1cccc(CC)c1)C[C@@H](O)[C@@H](N)Cc1cc(F)cc(F)c1.CCCCS(=O)(=O)C[C@@H](NC(=O)c1cnccn1)C(=O)N(Cc1cccc(CC)c1)C[C@@H](O)[C@@H](N)Cc1cc(F)cc(F)c1. The number of hydrogen-bond donors (Lipinski definition) is 11. The highest BCUT2D eigenvalue weighted by molar-refractivity contribution is 7.92. The van der Waals surface area contributed by atoms with Gasteiger partial charge in [0.15, 0.2) is 29.5 Å². The Labute approximate surface area is 765 Å². The maximum atomic E-state index is 14.1. The van der Waals surface area contributed by atoms with E-state index < -0.39 is 177 Å². The molecule has 0 spiro atoms. The molecule has 30 nitrogen and oxygen atoms in total. The van der Waals surface area contributed by atoms with Crippen molar-refractivity contribution in [2.24, 2.45) is 17.2 Å². The number of nitrogens with two attached hydrogens (primary N) is 3. The first-order chi connectivity index (χ1) is 62.6. The number of unbranched alkanes of at least 4 members (excludes halogenated alkanes) is 3. The Hall–Kier alpha value is -11.4. The number of aliphatic hydroxyl groups is 3. The predicted octanol–water partition coefficient (Wildman–Crippen LogP) is 7.60. The molecular formula is C93H118F6N14O16S3. The number of H-pyrrole nitrogens is 2. The number of nitrogens with zero attached hydrogens (tertiary/aromatic N) is 6. The van der Waals surface area contributed by atoms with Gasteiger partial charge in [-0.15, -0.1) is 0 Å². The van der Waals surface area contributed by atoms with Crippen LogP contribution in [0, 0.1) is 34.9 Å². The van der Waals surface area contributed by atoms with Crippen molar-refractivity contribution < 1.29 is 95.7 Å². The molecule has 0 aliphatic carbocycles. The molecule has 9 rings (SSSR count). The summed E-state index contributed by atoms with van der Waals surface area (Å²) in [4.78, 5) is 113. The summed E-state index contributed by atoms with van der Waals surface area (Å²) in [6.07, 6.45) is 8.25. The van der Waals surface area contributed by atoms with Crippen LogP contribution in [0.3, 0.4) is 0 Å². The number of sulfone groups is 3. The topological polar surface area (TPSA) is 477 Å². The molecule has 9 atom stereocenters. The first kappa shape index (κ1) is 108. The second-order valence-electron chi connectivity index (χ2n) is 32.3. The fourth-order valence-corrected chi connectivity index (χ4v) is 18.9. The third kappa shape index (κ3) is 36.6. The minimum Gasteiger partial charge on any atom is -0.390 e. The quantitative estimate of drug-likeness (QED) is 0.0163. The van der Waals surface area contributed by atoms with Crippen molar-refractivity contribution in [1.82, 2.24) is 55.6 Å². The molecular weight excluding hydrogens is 1780 g/mol. The summed E-state index contributed by atoms with van der Waals surface area (Å²) in [6.45, 7) is 10.3. The van der Waals surface area contributed by atoms with Gasteiger partial charge in [-0.25, -0.2) is 61.6 Å². The van der Waals surface area contributed by atoms with Crippen molar-refractivity contribution in [3.8, 4) is 0 Å². The molecule has 3 heterocycles. The zero-order valence-electron chi connectivity index (χ0n) is 74.5. The number of rotatable bonds is 48. The molecule has 9 aromatic rings. The number of aliphatic hydroxyl groups excluding tert-OH is 3. The third-order valence-electron chi connectivity index (χ3n) is 21.2. The second kappa shape index (κ2) is 52.7. The summed E-state index contributed by atoms with van der Waals surface area (Å²) in [7, 11) is -11.4. The number of amides is 6. The third-order valence-corrected chi connectivity index (χ3v) is 26.5. The van der Waals surface area contributed by atoms with E-state index in [0.717, 1.165) is 90.3 Å². The van der Waals surface area contributed by atoms with Gasteiger partial charge in [-0.1, -0.05) is 134 Å². The van der Waals surface area contributed by atoms with Gasteiger partial charge in [0, 0.05) is 100 Å². The lowest BCUT2D eigenvalue weighted by atomic mass is 10.0. The number of hydrogen-bond acceptors (Lipinski definition) is 22. The number of aromatic nitrogens is 5. The van der Waals surface area contributed by atoms with Crippen LogP contribution < -0.4 is 38.7 Å². The van der Waals surface area contributed by atoms with Crippen molar-refractivity contribution >= 4 is 65.0 Å². The number of aryl methyl sites for hydroxylation is 3. The number of benzene rings is 6.